The van der Waals surface area contributed by atoms with Crippen LogP contribution in [0, 0.1) is 0 Å². The van der Waals surface area contributed by atoms with Gasteiger partial charge in [-0.15, -0.1) is 0 Å². The molecule has 26 heavy (non-hydrogen) atoms. The summed E-state index contributed by atoms with van der Waals surface area (Å²) in [7, 11) is 3.21. The van der Waals surface area contributed by atoms with Crippen LogP contribution >= 0.6 is 0 Å². The molecule has 0 aliphatic carbocycles. The van der Waals surface area contributed by atoms with Crippen molar-refractivity contribution in [3.05, 3.63) is 53.3 Å². The van der Waals surface area contributed by atoms with Crippen LogP contribution in [0.4, 0.5) is 5.82 Å². The molecule has 0 bridgehead atoms. The van der Waals surface area contributed by atoms with E-state index in [0.717, 1.165) is 36.2 Å². The van der Waals surface area contributed by atoms with Crippen molar-refractivity contribution in [1.82, 2.24) is 14.9 Å². The average Bonchev–Trinajstić information content (AvgIpc) is 2.67. The Kier molecular flexibility index (Phi) is 4.34. The van der Waals surface area contributed by atoms with Crippen LogP contribution in [0.3, 0.4) is 0 Å². The number of nitrogens with zero attached hydrogens (tertiary/aromatic N) is 3. The van der Waals surface area contributed by atoms with Gasteiger partial charge in [0.15, 0.2) is 11.5 Å². The molecule has 1 aliphatic heterocycles. The minimum atomic E-state index is 0.461. The van der Waals surface area contributed by atoms with Crippen LogP contribution in [0.15, 0.2) is 36.4 Å². The number of anilines is 1. The monoisotopic (exact) mass is 350 g/mol. The van der Waals surface area contributed by atoms with Crippen LogP contribution in [-0.2, 0) is 19.5 Å². The zero-order chi connectivity index (χ0) is 18.1. The van der Waals surface area contributed by atoms with Crippen LogP contribution in [0.1, 0.15) is 17.0 Å². The highest BCUT2D eigenvalue weighted by atomic mass is 16.5. The molecule has 2 N–H and O–H groups in total. The zero-order valence-electron chi connectivity index (χ0n) is 15.0. The van der Waals surface area contributed by atoms with Crippen molar-refractivity contribution in [2.24, 2.45) is 0 Å². The summed E-state index contributed by atoms with van der Waals surface area (Å²) < 4.78 is 10.7. The molecule has 0 radical (unpaired) electrons. The second kappa shape index (κ2) is 6.80. The number of benzene rings is 2. The molecule has 0 saturated heterocycles. The molecule has 4 rings (SSSR count). The highest BCUT2D eigenvalue weighted by Gasteiger charge is 2.18. The Morgan fingerprint density at radius 3 is 2.54 bits per heavy atom. The lowest BCUT2D eigenvalue weighted by Crippen LogP contribution is -2.30. The van der Waals surface area contributed by atoms with Crippen LogP contribution in [0.2, 0.25) is 0 Å². The van der Waals surface area contributed by atoms with Crippen molar-refractivity contribution >= 4 is 16.7 Å². The quantitative estimate of drug-likeness (QED) is 0.780. The molecule has 0 amide bonds. The summed E-state index contributed by atoms with van der Waals surface area (Å²) in [5.41, 5.74) is 9.76. The molecule has 6 nitrogen and oxygen atoms in total. The van der Waals surface area contributed by atoms with Crippen molar-refractivity contribution in [3.8, 4) is 11.5 Å². The molecule has 1 aliphatic rings. The van der Waals surface area contributed by atoms with Gasteiger partial charge in [0.25, 0.3) is 0 Å². The summed E-state index contributed by atoms with van der Waals surface area (Å²) in [5.74, 6) is 2.44. The van der Waals surface area contributed by atoms with Gasteiger partial charge in [-0.1, -0.05) is 24.3 Å². The predicted octanol–water partition coefficient (Wildman–Crippen LogP) is 2.79. The number of rotatable bonds is 4. The highest BCUT2D eigenvalue weighted by molar-refractivity contribution is 5.90. The second-order valence-electron chi connectivity index (χ2n) is 6.48. The second-order valence-corrected chi connectivity index (χ2v) is 6.48. The SMILES string of the molecule is COc1cc2nc(CN3CCc4ccccc4C3)nc(N)c2cc1OC. The van der Waals surface area contributed by atoms with Gasteiger partial charge >= 0.3 is 0 Å². The molecule has 0 unspecified atom stereocenters. The minimum absolute atomic E-state index is 0.461. The number of nitrogens with two attached hydrogens (primary N) is 1. The molecule has 0 fully saturated rings. The third-order valence-electron chi connectivity index (χ3n) is 4.85. The molecule has 6 heteroatoms. The number of methoxy groups -OCH3 is 2. The van der Waals surface area contributed by atoms with E-state index in [0.29, 0.717) is 23.9 Å². The Morgan fingerprint density at radius 2 is 1.77 bits per heavy atom. The molecule has 2 heterocycles. The lowest BCUT2D eigenvalue weighted by atomic mass is 10.00. The fourth-order valence-electron chi connectivity index (χ4n) is 3.49. The smallest absolute Gasteiger partial charge is 0.162 e. The first-order valence-electron chi connectivity index (χ1n) is 8.65. The van der Waals surface area contributed by atoms with E-state index in [1.54, 1.807) is 14.2 Å². The molecule has 1 aromatic heterocycles. The highest BCUT2D eigenvalue weighted by Crippen LogP contribution is 2.33. The number of nitrogen functional groups attached to an aromatic ring is 1. The van der Waals surface area contributed by atoms with Gasteiger partial charge in [0.2, 0.25) is 0 Å². The van der Waals surface area contributed by atoms with Gasteiger partial charge in [0.1, 0.15) is 11.6 Å². The van der Waals surface area contributed by atoms with Crippen molar-refractivity contribution in [2.75, 3.05) is 26.5 Å². The van der Waals surface area contributed by atoms with E-state index in [4.69, 9.17) is 20.2 Å². The normalized spacial score (nSPS) is 14.2. The fourth-order valence-corrected chi connectivity index (χ4v) is 3.49. The lowest BCUT2D eigenvalue weighted by molar-refractivity contribution is 0.240. The summed E-state index contributed by atoms with van der Waals surface area (Å²) in [5, 5.41) is 0.774. The first kappa shape index (κ1) is 16.6. The predicted molar refractivity (Wildman–Crippen MR) is 101 cm³/mol. The van der Waals surface area contributed by atoms with E-state index >= 15 is 0 Å². The summed E-state index contributed by atoms with van der Waals surface area (Å²) in [6.07, 6.45) is 1.05. The van der Waals surface area contributed by atoms with Gasteiger partial charge in [-0.25, -0.2) is 9.97 Å². The Bertz CT molecular complexity index is 958. The van der Waals surface area contributed by atoms with Crippen LogP contribution < -0.4 is 15.2 Å². The molecule has 3 aromatic rings. The average molecular weight is 350 g/mol. The maximum absolute atomic E-state index is 6.19. The van der Waals surface area contributed by atoms with Gasteiger partial charge < -0.3 is 15.2 Å². The van der Waals surface area contributed by atoms with Crippen LogP contribution in [0.25, 0.3) is 10.9 Å². The van der Waals surface area contributed by atoms with Gasteiger partial charge in [-0.3, -0.25) is 4.90 Å². The third kappa shape index (κ3) is 3.04. The summed E-state index contributed by atoms with van der Waals surface area (Å²) >= 11 is 0. The molecule has 2 aromatic carbocycles. The van der Waals surface area contributed by atoms with E-state index in [9.17, 15) is 0 Å². The molecular weight excluding hydrogens is 328 g/mol. The van der Waals surface area contributed by atoms with Crippen molar-refractivity contribution in [2.45, 2.75) is 19.5 Å². The van der Waals surface area contributed by atoms with Gasteiger partial charge in [-0.05, 0) is 23.6 Å². The van der Waals surface area contributed by atoms with Gasteiger partial charge in [0.05, 0.1) is 26.3 Å². The molecule has 0 atom stereocenters. The minimum Gasteiger partial charge on any atom is -0.493 e. The van der Waals surface area contributed by atoms with Crippen LogP contribution in [0.5, 0.6) is 11.5 Å². The lowest BCUT2D eigenvalue weighted by Gasteiger charge is -2.28. The number of aromatic nitrogens is 2. The standard InChI is InChI=1S/C20H22N4O2/c1-25-17-9-15-16(10-18(17)26-2)22-19(23-20(15)21)12-24-8-7-13-5-3-4-6-14(13)11-24/h3-6,9-10H,7-8,11-12H2,1-2H3,(H2,21,22,23). The molecular formula is C20H22N4O2. The number of fused-ring (bicyclic) bond motifs is 2. The van der Waals surface area contributed by atoms with E-state index in [-0.39, 0.29) is 0 Å². The van der Waals surface area contributed by atoms with Crippen molar-refractivity contribution in [3.63, 3.8) is 0 Å². The largest absolute Gasteiger partial charge is 0.493 e. The van der Waals surface area contributed by atoms with Gasteiger partial charge in [0, 0.05) is 24.5 Å². The summed E-state index contributed by atoms with van der Waals surface area (Å²) in [6, 6.07) is 12.3. The van der Waals surface area contributed by atoms with Gasteiger partial charge in [-0.2, -0.15) is 0 Å². The Morgan fingerprint density at radius 1 is 1.04 bits per heavy atom. The summed E-state index contributed by atoms with van der Waals surface area (Å²) in [4.78, 5) is 11.6. The first-order valence-corrected chi connectivity index (χ1v) is 8.65. The Hall–Kier alpha value is -2.86. The summed E-state index contributed by atoms with van der Waals surface area (Å²) in [6.45, 7) is 2.57. The number of hydrogen-bond donors (Lipinski definition) is 1. The number of hydrogen-bond acceptors (Lipinski definition) is 6. The topological polar surface area (TPSA) is 73.5 Å². The van der Waals surface area contributed by atoms with E-state index < -0.39 is 0 Å². The zero-order valence-corrected chi connectivity index (χ0v) is 15.0. The van der Waals surface area contributed by atoms with E-state index in [2.05, 4.69) is 34.1 Å². The van der Waals surface area contributed by atoms with Crippen molar-refractivity contribution in [1.29, 1.82) is 0 Å². The van der Waals surface area contributed by atoms with Crippen LogP contribution in [-0.4, -0.2) is 35.6 Å². The van der Waals surface area contributed by atoms with E-state index in [1.165, 1.54) is 11.1 Å². The maximum Gasteiger partial charge on any atom is 0.162 e. The molecule has 134 valence electrons. The van der Waals surface area contributed by atoms with Crippen molar-refractivity contribution < 1.29 is 9.47 Å². The fraction of sp³-hybridized carbons (Fsp3) is 0.300. The third-order valence-corrected chi connectivity index (χ3v) is 4.85. The number of ether oxygens (including phenoxy) is 2. The van der Waals surface area contributed by atoms with E-state index in [1.807, 2.05) is 12.1 Å². The maximum atomic E-state index is 6.19. The first-order chi connectivity index (χ1) is 12.7. The molecule has 0 saturated carbocycles. The Balaban J connectivity index is 1.63. The Labute approximate surface area is 152 Å². The molecule has 0 spiro atoms.